The summed E-state index contributed by atoms with van der Waals surface area (Å²) >= 11 is 1.31. The van der Waals surface area contributed by atoms with Gasteiger partial charge in [-0.2, -0.15) is 0 Å². The molecule has 5 rings (SSSR count). The monoisotopic (exact) mass is 548 g/mol. The van der Waals surface area contributed by atoms with Gasteiger partial charge in [-0.15, -0.1) is 11.3 Å². The van der Waals surface area contributed by atoms with Crippen molar-refractivity contribution in [2.45, 2.75) is 0 Å². The molecule has 9 nitrogen and oxygen atoms in total. The van der Waals surface area contributed by atoms with Crippen molar-refractivity contribution in [3.63, 3.8) is 0 Å². The summed E-state index contributed by atoms with van der Waals surface area (Å²) in [7, 11) is 4.72. The Kier molecular flexibility index (Phi) is 7.87. The maximum atomic E-state index is 13.6. The number of anilines is 1. The van der Waals surface area contributed by atoms with Gasteiger partial charge in [0.25, 0.3) is 5.91 Å². The number of amides is 1. The molecular formula is C29H32N4O5S. The molecular weight excluding hydrogens is 516 g/mol. The zero-order chi connectivity index (χ0) is 27.5. The number of aliphatic hydroxyl groups excluding tert-OH is 1. The van der Waals surface area contributed by atoms with Crippen LogP contribution in [0.2, 0.25) is 0 Å². The predicted octanol–water partition coefficient (Wildman–Crippen LogP) is 3.99. The lowest BCUT2D eigenvalue weighted by molar-refractivity contribution is 0.0620. The van der Waals surface area contributed by atoms with Gasteiger partial charge < -0.3 is 30.0 Å². The van der Waals surface area contributed by atoms with E-state index in [1.807, 2.05) is 53.4 Å². The predicted molar refractivity (Wildman–Crippen MR) is 154 cm³/mol. The first kappa shape index (κ1) is 26.7. The molecule has 1 saturated heterocycles. The minimum Gasteiger partial charge on any atom is -0.493 e. The van der Waals surface area contributed by atoms with Gasteiger partial charge in [-0.3, -0.25) is 9.69 Å². The molecule has 1 aliphatic rings. The van der Waals surface area contributed by atoms with Crippen molar-refractivity contribution in [3.8, 4) is 39.6 Å². The van der Waals surface area contributed by atoms with E-state index in [1.54, 1.807) is 21.3 Å². The van der Waals surface area contributed by atoms with Crippen molar-refractivity contribution in [2.24, 2.45) is 0 Å². The summed E-state index contributed by atoms with van der Waals surface area (Å²) in [5.74, 6) is 1.43. The van der Waals surface area contributed by atoms with Crippen molar-refractivity contribution in [3.05, 3.63) is 53.4 Å². The van der Waals surface area contributed by atoms with Gasteiger partial charge in [-0.1, -0.05) is 30.3 Å². The molecule has 10 heteroatoms. The number of hydrogen-bond acceptors (Lipinski definition) is 9. The maximum Gasteiger partial charge on any atom is 0.266 e. The zero-order valence-corrected chi connectivity index (χ0v) is 23.1. The molecule has 4 aromatic rings. The number of benzene rings is 2. The molecule has 3 N–H and O–H groups in total. The van der Waals surface area contributed by atoms with Crippen LogP contribution in [0.4, 0.5) is 5.69 Å². The average Bonchev–Trinajstić information content (AvgIpc) is 3.32. The second-order valence-corrected chi connectivity index (χ2v) is 10.2. The normalized spacial score (nSPS) is 14.0. The summed E-state index contributed by atoms with van der Waals surface area (Å²) in [6, 6.07) is 15.6. The molecule has 39 heavy (non-hydrogen) atoms. The fourth-order valence-electron chi connectivity index (χ4n) is 4.96. The van der Waals surface area contributed by atoms with Crippen molar-refractivity contribution < 1.29 is 24.1 Å². The van der Waals surface area contributed by atoms with Gasteiger partial charge >= 0.3 is 0 Å². The molecule has 1 amide bonds. The van der Waals surface area contributed by atoms with Crippen LogP contribution in [0.3, 0.4) is 0 Å². The number of aliphatic hydroxyl groups is 1. The number of aromatic nitrogens is 1. The Bertz CT molecular complexity index is 1460. The van der Waals surface area contributed by atoms with E-state index < -0.39 is 0 Å². The summed E-state index contributed by atoms with van der Waals surface area (Å²) in [4.78, 5) is 23.7. The van der Waals surface area contributed by atoms with Crippen LogP contribution in [-0.4, -0.2) is 86.5 Å². The lowest BCUT2D eigenvalue weighted by Crippen LogP contribution is -2.49. The molecule has 2 aromatic carbocycles. The van der Waals surface area contributed by atoms with Crippen LogP contribution in [0.25, 0.3) is 32.6 Å². The van der Waals surface area contributed by atoms with E-state index in [-0.39, 0.29) is 12.5 Å². The van der Waals surface area contributed by atoms with Crippen LogP contribution in [0.15, 0.2) is 48.5 Å². The van der Waals surface area contributed by atoms with Crippen molar-refractivity contribution in [1.82, 2.24) is 14.8 Å². The minimum atomic E-state index is -0.101. The van der Waals surface area contributed by atoms with Crippen molar-refractivity contribution >= 4 is 33.1 Å². The number of carbonyl (C=O) groups is 1. The Balaban J connectivity index is 1.66. The molecule has 1 aliphatic heterocycles. The number of rotatable bonds is 8. The lowest BCUT2D eigenvalue weighted by Gasteiger charge is -2.34. The standard InChI is InChI=1S/C29H32N4O5S/c1-36-22-15-19(16-23(37-2)26(22)38-3)20-17-21(18-7-5-4-6-8-18)31-28-24(20)25(30)27(39-28)29(35)33-11-9-32(10-12-33)13-14-34/h4-8,15-17,34H,9-14,30H2,1-3H3. The zero-order valence-electron chi connectivity index (χ0n) is 22.3. The summed E-state index contributed by atoms with van der Waals surface area (Å²) < 4.78 is 16.8. The molecule has 0 saturated carbocycles. The number of carbonyl (C=O) groups excluding carboxylic acids is 1. The van der Waals surface area contributed by atoms with Gasteiger partial charge in [0.05, 0.1) is 39.3 Å². The molecule has 3 heterocycles. The smallest absolute Gasteiger partial charge is 0.266 e. The molecule has 0 unspecified atom stereocenters. The number of nitrogens with two attached hydrogens (primary N) is 1. The third-order valence-corrected chi connectivity index (χ3v) is 8.10. The number of nitrogens with zero attached hydrogens (tertiary/aromatic N) is 3. The van der Waals surface area contributed by atoms with E-state index in [0.29, 0.717) is 65.4 Å². The van der Waals surface area contributed by atoms with E-state index in [2.05, 4.69) is 4.90 Å². The van der Waals surface area contributed by atoms with Crippen LogP contribution in [0.5, 0.6) is 17.2 Å². The lowest BCUT2D eigenvalue weighted by atomic mass is 9.98. The highest BCUT2D eigenvalue weighted by atomic mass is 32.1. The highest BCUT2D eigenvalue weighted by molar-refractivity contribution is 7.21. The van der Waals surface area contributed by atoms with Crippen molar-refractivity contribution in [2.75, 3.05) is 66.4 Å². The third-order valence-electron chi connectivity index (χ3n) is 7.01. The van der Waals surface area contributed by atoms with Crippen LogP contribution < -0.4 is 19.9 Å². The van der Waals surface area contributed by atoms with Crippen molar-refractivity contribution in [1.29, 1.82) is 0 Å². The molecule has 2 aromatic heterocycles. The SMILES string of the molecule is COc1cc(-c2cc(-c3ccccc3)nc3sc(C(=O)N4CCN(CCO)CC4)c(N)c23)cc(OC)c1OC. The van der Waals surface area contributed by atoms with E-state index in [4.69, 9.17) is 24.9 Å². The molecule has 0 aliphatic carbocycles. The third kappa shape index (κ3) is 5.10. The minimum absolute atomic E-state index is 0.101. The molecule has 0 bridgehead atoms. The fourth-order valence-corrected chi connectivity index (χ4v) is 6.05. The number of thiophene rings is 1. The van der Waals surface area contributed by atoms with Gasteiger partial charge in [0.15, 0.2) is 11.5 Å². The highest BCUT2D eigenvalue weighted by Crippen LogP contribution is 2.46. The first-order chi connectivity index (χ1) is 19.0. The quantitative estimate of drug-likeness (QED) is 0.340. The molecule has 204 valence electrons. The van der Waals surface area contributed by atoms with E-state index >= 15 is 0 Å². The Morgan fingerprint density at radius 2 is 1.64 bits per heavy atom. The number of fused-ring (bicyclic) bond motifs is 1. The van der Waals surface area contributed by atoms with Crippen LogP contribution in [0, 0.1) is 0 Å². The average molecular weight is 549 g/mol. The van der Waals surface area contributed by atoms with E-state index in [0.717, 1.165) is 27.8 Å². The second kappa shape index (κ2) is 11.5. The van der Waals surface area contributed by atoms with Crippen LogP contribution >= 0.6 is 11.3 Å². The Hall–Kier alpha value is -3.86. The first-order valence-electron chi connectivity index (χ1n) is 12.7. The maximum absolute atomic E-state index is 13.6. The van der Waals surface area contributed by atoms with Gasteiger partial charge in [-0.05, 0) is 29.3 Å². The van der Waals surface area contributed by atoms with Gasteiger partial charge in [0.2, 0.25) is 5.75 Å². The summed E-state index contributed by atoms with van der Waals surface area (Å²) in [6.45, 7) is 3.30. The molecule has 1 fully saturated rings. The molecule has 0 spiro atoms. The number of nitrogen functional groups attached to an aromatic ring is 1. The number of ether oxygens (including phenoxy) is 3. The summed E-state index contributed by atoms with van der Waals surface area (Å²) in [6.07, 6.45) is 0. The number of methoxy groups -OCH3 is 3. The summed E-state index contributed by atoms with van der Waals surface area (Å²) in [5, 5.41) is 9.96. The largest absolute Gasteiger partial charge is 0.493 e. The number of piperazine rings is 1. The van der Waals surface area contributed by atoms with Gasteiger partial charge in [0, 0.05) is 43.7 Å². The van der Waals surface area contributed by atoms with E-state index in [1.165, 1.54) is 11.3 Å². The van der Waals surface area contributed by atoms with E-state index in [9.17, 15) is 9.90 Å². The molecule has 0 atom stereocenters. The van der Waals surface area contributed by atoms with Gasteiger partial charge in [0.1, 0.15) is 9.71 Å². The molecule has 0 radical (unpaired) electrons. The van der Waals surface area contributed by atoms with Gasteiger partial charge in [-0.25, -0.2) is 4.98 Å². The number of β-amino-alcohol motifs (C(OH)–C–C–N with tert-alkyl or cyclic N) is 1. The van der Waals surface area contributed by atoms with Crippen LogP contribution in [-0.2, 0) is 0 Å². The highest BCUT2D eigenvalue weighted by Gasteiger charge is 2.28. The summed E-state index contributed by atoms with van der Waals surface area (Å²) in [5.41, 5.74) is 10.5. The number of pyridine rings is 1. The topological polar surface area (TPSA) is 110 Å². The fraction of sp³-hybridized carbons (Fsp3) is 0.310. The van der Waals surface area contributed by atoms with Crippen LogP contribution in [0.1, 0.15) is 9.67 Å². The Morgan fingerprint density at radius 1 is 0.974 bits per heavy atom. The number of hydrogen-bond donors (Lipinski definition) is 2. The Labute approximate surface area is 231 Å². The Morgan fingerprint density at radius 3 is 2.23 bits per heavy atom. The second-order valence-electron chi connectivity index (χ2n) is 9.22. The first-order valence-corrected chi connectivity index (χ1v) is 13.5.